The highest BCUT2D eigenvalue weighted by molar-refractivity contribution is 6.12. The number of Topliss-reactive ketones (excluding diaryl/α,β-unsaturated/α-hetero) is 1. The van der Waals surface area contributed by atoms with Crippen LogP contribution in [0.2, 0.25) is 0 Å². The lowest BCUT2D eigenvalue weighted by Crippen LogP contribution is -2.43. The number of allylic oxidation sites excluding steroid dienone is 3. The van der Waals surface area contributed by atoms with Gasteiger partial charge in [0.05, 0.1) is 26.4 Å². The lowest BCUT2D eigenvalue weighted by Gasteiger charge is -2.38. The van der Waals surface area contributed by atoms with Crippen LogP contribution in [-0.2, 0) is 28.6 Å². The van der Waals surface area contributed by atoms with Crippen LogP contribution in [0.1, 0.15) is 45.1 Å². The number of carbonyl (C=O) groups is 3. The Morgan fingerprint density at radius 1 is 1.15 bits per heavy atom. The molecule has 1 aromatic carbocycles. The lowest BCUT2D eigenvalue weighted by atomic mass is 9.69. The van der Waals surface area contributed by atoms with Crippen LogP contribution in [0.5, 0.6) is 5.75 Å². The smallest absolute Gasteiger partial charge is 0.336 e. The second kappa shape index (κ2) is 11.3. The molecule has 184 valence electrons. The van der Waals surface area contributed by atoms with Gasteiger partial charge in [0.1, 0.15) is 18.3 Å². The number of rotatable bonds is 9. The number of ether oxygens (including phenoxy) is 4. The second-order valence-corrected chi connectivity index (χ2v) is 8.56. The summed E-state index contributed by atoms with van der Waals surface area (Å²) in [4.78, 5) is 39.4. The normalized spacial score (nSPS) is 22.1. The van der Waals surface area contributed by atoms with E-state index in [1.807, 2.05) is 19.9 Å². The average Bonchev–Trinajstić information content (AvgIpc) is 2.82. The highest BCUT2D eigenvalue weighted by Gasteiger charge is 2.47. The van der Waals surface area contributed by atoms with E-state index < -0.39 is 23.8 Å². The van der Waals surface area contributed by atoms with Crippen molar-refractivity contribution < 1.29 is 33.3 Å². The van der Waals surface area contributed by atoms with Gasteiger partial charge in [0.15, 0.2) is 5.78 Å². The molecule has 3 rings (SSSR count). The summed E-state index contributed by atoms with van der Waals surface area (Å²) in [5, 5.41) is 3.25. The molecule has 0 saturated carbocycles. The molecule has 0 saturated heterocycles. The molecule has 2 aliphatic rings. The Balaban J connectivity index is 2.04. The van der Waals surface area contributed by atoms with Crippen molar-refractivity contribution in [2.24, 2.45) is 11.8 Å². The zero-order chi connectivity index (χ0) is 24.8. The van der Waals surface area contributed by atoms with E-state index >= 15 is 0 Å². The van der Waals surface area contributed by atoms with Gasteiger partial charge in [-0.1, -0.05) is 26.0 Å². The van der Waals surface area contributed by atoms with E-state index in [1.54, 1.807) is 32.2 Å². The molecule has 0 unspecified atom stereocenters. The maximum atomic E-state index is 13.7. The van der Waals surface area contributed by atoms with Gasteiger partial charge in [-0.05, 0) is 43.4 Å². The minimum absolute atomic E-state index is 0.0993. The third-order valence-corrected chi connectivity index (χ3v) is 6.20. The zero-order valence-electron chi connectivity index (χ0n) is 20.4. The first-order chi connectivity index (χ1) is 16.3. The maximum Gasteiger partial charge on any atom is 0.336 e. The summed E-state index contributed by atoms with van der Waals surface area (Å²) >= 11 is 0. The molecule has 1 aromatic rings. The van der Waals surface area contributed by atoms with E-state index in [2.05, 4.69) is 5.32 Å². The van der Waals surface area contributed by atoms with Crippen molar-refractivity contribution in [2.75, 3.05) is 34.0 Å². The molecule has 0 radical (unpaired) electrons. The summed E-state index contributed by atoms with van der Waals surface area (Å²) in [5.74, 6) is -2.74. The molecule has 1 aliphatic carbocycles. The summed E-state index contributed by atoms with van der Waals surface area (Å²) in [7, 11) is 2.83. The number of benzene rings is 1. The van der Waals surface area contributed by atoms with Crippen LogP contribution in [0.4, 0.5) is 0 Å². The first-order valence-electron chi connectivity index (χ1n) is 11.6. The van der Waals surface area contributed by atoms with Crippen LogP contribution < -0.4 is 10.1 Å². The molecule has 8 heteroatoms. The summed E-state index contributed by atoms with van der Waals surface area (Å²) in [6, 6.07) is 7.24. The zero-order valence-corrected chi connectivity index (χ0v) is 20.4. The Bertz CT molecular complexity index is 1010. The maximum absolute atomic E-state index is 13.7. The highest BCUT2D eigenvalue weighted by atomic mass is 16.6. The summed E-state index contributed by atoms with van der Waals surface area (Å²) < 4.78 is 21.3. The summed E-state index contributed by atoms with van der Waals surface area (Å²) in [6.07, 6.45) is 1.35. The van der Waals surface area contributed by atoms with Gasteiger partial charge in [0, 0.05) is 29.5 Å². The topological polar surface area (TPSA) is 100 Å². The van der Waals surface area contributed by atoms with E-state index in [-0.39, 0.29) is 24.9 Å². The third kappa shape index (κ3) is 5.17. The van der Waals surface area contributed by atoms with Gasteiger partial charge in [0.2, 0.25) is 0 Å². The fraction of sp³-hybridized carbons (Fsp3) is 0.500. The molecule has 1 N–H and O–H groups in total. The molecular weight excluding hydrogens is 438 g/mol. The number of hydrogen-bond donors (Lipinski definition) is 1. The molecule has 8 nitrogen and oxygen atoms in total. The minimum Gasteiger partial charge on any atom is -0.497 e. The molecule has 0 fully saturated rings. The van der Waals surface area contributed by atoms with Gasteiger partial charge >= 0.3 is 11.9 Å². The van der Waals surface area contributed by atoms with E-state index in [0.29, 0.717) is 46.9 Å². The van der Waals surface area contributed by atoms with Crippen LogP contribution in [-0.4, -0.2) is 51.8 Å². The number of nitrogens with one attached hydrogen (secondary N) is 1. The fourth-order valence-corrected chi connectivity index (χ4v) is 4.62. The van der Waals surface area contributed by atoms with Crippen LogP contribution in [0.25, 0.3) is 0 Å². The van der Waals surface area contributed by atoms with Crippen molar-refractivity contribution >= 4 is 17.7 Å². The largest absolute Gasteiger partial charge is 0.497 e. The average molecular weight is 472 g/mol. The Labute approximate surface area is 200 Å². The molecule has 0 aromatic heterocycles. The van der Waals surface area contributed by atoms with Gasteiger partial charge in [-0.15, -0.1) is 0 Å². The number of hydrogen-bond acceptors (Lipinski definition) is 8. The summed E-state index contributed by atoms with van der Waals surface area (Å²) in [6.45, 7) is 6.63. The van der Waals surface area contributed by atoms with Gasteiger partial charge in [-0.2, -0.15) is 0 Å². The summed E-state index contributed by atoms with van der Waals surface area (Å²) in [5.41, 5.74) is 2.75. The lowest BCUT2D eigenvalue weighted by molar-refractivity contribution is -0.151. The van der Waals surface area contributed by atoms with Crippen molar-refractivity contribution in [3.05, 3.63) is 52.4 Å². The first kappa shape index (κ1) is 25.5. The third-order valence-electron chi connectivity index (χ3n) is 6.20. The Kier molecular flexibility index (Phi) is 8.50. The SMILES string of the molecule is CCCOCCOC(=O)C1=C(C)NC2=C(C(=O)[C@@H](C(=O)OC)[C@H](C)C2)[C@@H]1c1cccc(OC)c1. The fourth-order valence-electron chi connectivity index (χ4n) is 4.62. The van der Waals surface area contributed by atoms with Crippen molar-refractivity contribution in [3.8, 4) is 5.75 Å². The molecule has 0 bridgehead atoms. The molecular formula is C26H33NO7. The number of ketones is 1. The molecule has 1 aliphatic heterocycles. The van der Waals surface area contributed by atoms with Gasteiger partial charge in [-0.25, -0.2) is 4.79 Å². The van der Waals surface area contributed by atoms with E-state index in [1.165, 1.54) is 7.11 Å². The predicted octanol–water partition coefficient (Wildman–Crippen LogP) is 3.28. The predicted molar refractivity (Wildman–Crippen MR) is 125 cm³/mol. The van der Waals surface area contributed by atoms with Crippen molar-refractivity contribution in [2.45, 2.75) is 39.5 Å². The van der Waals surface area contributed by atoms with Gasteiger partial charge in [-0.3, -0.25) is 9.59 Å². The van der Waals surface area contributed by atoms with Crippen LogP contribution in [0, 0.1) is 11.8 Å². The van der Waals surface area contributed by atoms with Gasteiger partial charge in [0.25, 0.3) is 0 Å². The Morgan fingerprint density at radius 2 is 1.91 bits per heavy atom. The monoisotopic (exact) mass is 471 g/mol. The highest BCUT2D eigenvalue weighted by Crippen LogP contribution is 2.45. The van der Waals surface area contributed by atoms with Crippen LogP contribution in [0.15, 0.2) is 46.8 Å². The number of carbonyl (C=O) groups excluding carboxylic acids is 3. The number of methoxy groups -OCH3 is 2. The van der Waals surface area contributed by atoms with E-state index in [4.69, 9.17) is 18.9 Å². The van der Waals surface area contributed by atoms with Crippen molar-refractivity contribution in [3.63, 3.8) is 0 Å². The molecule has 1 heterocycles. The standard InChI is InChI=1S/C26H33NO7/c1-6-10-33-11-12-34-26(30)21-16(3)27-19-13-15(2)20(25(29)32-5)24(28)23(19)22(21)17-8-7-9-18(14-17)31-4/h7-9,14-15,20,22,27H,6,10-13H2,1-5H3/t15-,20+,22-/m1/s1. The van der Waals surface area contributed by atoms with Crippen molar-refractivity contribution in [1.82, 2.24) is 5.32 Å². The number of esters is 2. The van der Waals surface area contributed by atoms with Crippen LogP contribution >= 0.6 is 0 Å². The van der Waals surface area contributed by atoms with Gasteiger partial charge < -0.3 is 24.3 Å². The second-order valence-electron chi connectivity index (χ2n) is 8.56. The van der Waals surface area contributed by atoms with Crippen molar-refractivity contribution in [1.29, 1.82) is 0 Å². The molecule has 0 spiro atoms. The molecule has 34 heavy (non-hydrogen) atoms. The number of dihydropyridines is 1. The van der Waals surface area contributed by atoms with E-state index in [9.17, 15) is 14.4 Å². The quantitative estimate of drug-likeness (QED) is 0.333. The van der Waals surface area contributed by atoms with Crippen LogP contribution in [0.3, 0.4) is 0 Å². The van der Waals surface area contributed by atoms with E-state index in [0.717, 1.165) is 6.42 Å². The Hall–Kier alpha value is -3.13. The molecule has 3 atom stereocenters. The first-order valence-corrected chi connectivity index (χ1v) is 11.6. The minimum atomic E-state index is -0.934. The Morgan fingerprint density at radius 3 is 2.59 bits per heavy atom. The molecule has 0 amide bonds.